The molecular weight excluding hydrogens is 246 g/mol. The molecule has 2 aromatic rings. The van der Waals surface area contributed by atoms with Crippen LogP contribution in [0.15, 0.2) is 24.3 Å². The van der Waals surface area contributed by atoms with Gasteiger partial charge < -0.3 is 0 Å². The van der Waals surface area contributed by atoms with E-state index in [2.05, 4.69) is 9.97 Å². The van der Waals surface area contributed by atoms with Gasteiger partial charge in [0, 0.05) is 6.42 Å². The molecule has 88 valence electrons. The molecular formula is C12H9ClF2N2. The standard InChI is InChI=1S/C12H9ClF2N2/c1-7-11(15)12(13)17-10(16-7)6-8-3-2-4-9(14)5-8/h2-5H,6H2,1H3. The highest BCUT2D eigenvalue weighted by Gasteiger charge is 2.09. The van der Waals surface area contributed by atoms with E-state index in [1.165, 1.54) is 19.1 Å². The van der Waals surface area contributed by atoms with Gasteiger partial charge in [0.1, 0.15) is 11.6 Å². The lowest BCUT2D eigenvalue weighted by molar-refractivity contribution is 0.597. The van der Waals surface area contributed by atoms with Crippen LogP contribution in [-0.4, -0.2) is 9.97 Å². The van der Waals surface area contributed by atoms with Crippen molar-refractivity contribution in [1.29, 1.82) is 0 Å². The van der Waals surface area contributed by atoms with Crippen molar-refractivity contribution in [3.8, 4) is 0 Å². The fraction of sp³-hybridized carbons (Fsp3) is 0.167. The molecule has 0 aliphatic heterocycles. The number of aryl methyl sites for hydroxylation is 1. The molecule has 2 rings (SSSR count). The Labute approximate surface area is 102 Å². The van der Waals surface area contributed by atoms with Crippen LogP contribution in [0.1, 0.15) is 17.1 Å². The molecule has 0 bridgehead atoms. The highest BCUT2D eigenvalue weighted by Crippen LogP contribution is 2.16. The molecule has 1 aromatic carbocycles. The number of benzene rings is 1. The minimum Gasteiger partial charge on any atom is -0.235 e. The van der Waals surface area contributed by atoms with E-state index in [0.29, 0.717) is 17.8 Å². The summed E-state index contributed by atoms with van der Waals surface area (Å²) >= 11 is 5.62. The number of rotatable bonds is 2. The first-order valence-electron chi connectivity index (χ1n) is 4.99. The maximum Gasteiger partial charge on any atom is 0.181 e. The van der Waals surface area contributed by atoms with Gasteiger partial charge in [0.05, 0.1) is 5.69 Å². The molecule has 2 nitrogen and oxygen atoms in total. The number of halogens is 3. The minimum absolute atomic E-state index is 0.191. The zero-order chi connectivity index (χ0) is 12.4. The number of nitrogens with zero attached hydrogens (tertiary/aromatic N) is 2. The van der Waals surface area contributed by atoms with Gasteiger partial charge in [-0.25, -0.2) is 18.7 Å². The molecule has 0 amide bonds. The Kier molecular flexibility index (Phi) is 3.33. The van der Waals surface area contributed by atoms with Gasteiger partial charge in [-0.15, -0.1) is 0 Å². The van der Waals surface area contributed by atoms with Crippen LogP contribution in [0.2, 0.25) is 5.15 Å². The Morgan fingerprint density at radius 1 is 1.24 bits per heavy atom. The molecule has 1 aromatic heterocycles. The Balaban J connectivity index is 2.31. The van der Waals surface area contributed by atoms with E-state index in [1.807, 2.05) is 0 Å². The van der Waals surface area contributed by atoms with E-state index in [4.69, 9.17) is 11.6 Å². The van der Waals surface area contributed by atoms with Crippen molar-refractivity contribution in [2.75, 3.05) is 0 Å². The highest BCUT2D eigenvalue weighted by atomic mass is 35.5. The largest absolute Gasteiger partial charge is 0.235 e. The summed E-state index contributed by atoms with van der Waals surface area (Å²) in [5.74, 6) is -0.568. The summed E-state index contributed by atoms with van der Waals surface area (Å²) in [6.07, 6.45) is 0.318. The van der Waals surface area contributed by atoms with Crippen molar-refractivity contribution in [3.05, 3.63) is 58.1 Å². The topological polar surface area (TPSA) is 25.8 Å². The van der Waals surface area contributed by atoms with Crippen LogP contribution in [0.5, 0.6) is 0 Å². The number of aromatic nitrogens is 2. The van der Waals surface area contributed by atoms with Crippen LogP contribution in [-0.2, 0) is 6.42 Å². The molecule has 0 saturated heterocycles. The van der Waals surface area contributed by atoms with E-state index >= 15 is 0 Å². The van der Waals surface area contributed by atoms with Crippen molar-refractivity contribution >= 4 is 11.6 Å². The van der Waals surface area contributed by atoms with Gasteiger partial charge >= 0.3 is 0 Å². The minimum atomic E-state index is -0.616. The fourth-order valence-electron chi connectivity index (χ4n) is 1.49. The monoisotopic (exact) mass is 254 g/mol. The van der Waals surface area contributed by atoms with Crippen molar-refractivity contribution in [2.45, 2.75) is 13.3 Å². The predicted octanol–water partition coefficient (Wildman–Crippen LogP) is 3.31. The first-order chi connectivity index (χ1) is 8.06. The third kappa shape index (κ3) is 2.77. The lowest BCUT2D eigenvalue weighted by atomic mass is 10.1. The second-order valence-electron chi connectivity index (χ2n) is 3.64. The first kappa shape index (κ1) is 11.9. The summed E-state index contributed by atoms with van der Waals surface area (Å²) in [5.41, 5.74) is 0.906. The van der Waals surface area contributed by atoms with E-state index in [0.717, 1.165) is 0 Å². The molecule has 0 aliphatic carbocycles. The van der Waals surface area contributed by atoms with E-state index in [1.54, 1.807) is 12.1 Å². The average Bonchev–Trinajstić information content (AvgIpc) is 2.26. The van der Waals surface area contributed by atoms with Crippen LogP contribution < -0.4 is 0 Å². The molecule has 0 saturated carbocycles. The smallest absolute Gasteiger partial charge is 0.181 e. The van der Waals surface area contributed by atoms with Crippen molar-refractivity contribution in [1.82, 2.24) is 9.97 Å². The molecule has 0 aliphatic rings. The Hall–Kier alpha value is -1.55. The highest BCUT2D eigenvalue weighted by molar-refractivity contribution is 6.29. The molecule has 0 radical (unpaired) electrons. The number of hydrogen-bond acceptors (Lipinski definition) is 2. The Bertz CT molecular complexity index is 535. The molecule has 0 atom stereocenters. The lowest BCUT2D eigenvalue weighted by Crippen LogP contribution is -2.02. The third-order valence-electron chi connectivity index (χ3n) is 2.27. The van der Waals surface area contributed by atoms with Crippen LogP contribution in [0, 0.1) is 18.6 Å². The SMILES string of the molecule is Cc1nc(Cc2cccc(F)c2)nc(Cl)c1F. The van der Waals surface area contributed by atoms with Crippen molar-refractivity contribution < 1.29 is 8.78 Å². The molecule has 0 N–H and O–H groups in total. The summed E-state index contributed by atoms with van der Waals surface area (Å²) in [4.78, 5) is 7.78. The van der Waals surface area contributed by atoms with Gasteiger partial charge in [0.15, 0.2) is 11.0 Å². The second kappa shape index (κ2) is 4.75. The zero-order valence-electron chi connectivity index (χ0n) is 9.04. The lowest BCUT2D eigenvalue weighted by Gasteiger charge is -2.04. The summed E-state index contributed by atoms with van der Waals surface area (Å²) in [7, 11) is 0. The Morgan fingerprint density at radius 3 is 2.65 bits per heavy atom. The van der Waals surface area contributed by atoms with Gasteiger partial charge in [-0.3, -0.25) is 0 Å². The van der Waals surface area contributed by atoms with Gasteiger partial charge in [-0.1, -0.05) is 23.7 Å². The molecule has 0 spiro atoms. The van der Waals surface area contributed by atoms with Gasteiger partial charge in [0.2, 0.25) is 0 Å². The Morgan fingerprint density at radius 2 is 2.00 bits per heavy atom. The first-order valence-corrected chi connectivity index (χ1v) is 5.37. The predicted molar refractivity (Wildman–Crippen MR) is 60.9 cm³/mol. The summed E-state index contributed by atoms with van der Waals surface area (Å²) < 4.78 is 26.2. The van der Waals surface area contributed by atoms with Crippen molar-refractivity contribution in [2.24, 2.45) is 0 Å². The molecule has 0 fully saturated rings. The van der Waals surface area contributed by atoms with E-state index < -0.39 is 5.82 Å². The van der Waals surface area contributed by atoms with E-state index in [9.17, 15) is 8.78 Å². The fourth-order valence-corrected chi connectivity index (χ4v) is 1.72. The van der Waals surface area contributed by atoms with Crippen LogP contribution in [0.4, 0.5) is 8.78 Å². The van der Waals surface area contributed by atoms with Crippen LogP contribution >= 0.6 is 11.6 Å². The maximum atomic E-state index is 13.2. The number of hydrogen-bond donors (Lipinski definition) is 0. The van der Waals surface area contributed by atoms with Gasteiger partial charge in [-0.05, 0) is 24.6 Å². The third-order valence-corrected chi connectivity index (χ3v) is 2.52. The van der Waals surface area contributed by atoms with Gasteiger partial charge in [0.25, 0.3) is 0 Å². The quantitative estimate of drug-likeness (QED) is 0.769. The normalized spacial score (nSPS) is 10.6. The van der Waals surface area contributed by atoms with Crippen molar-refractivity contribution in [3.63, 3.8) is 0 Å². The summed E-state index contributed by atoms with van der Waals surface area (Å²) in [6.45, 7) is 1.51. The molecule has 1 heterocycles. The van der Waals surface area contributed by atoms with Gasteiger partial charge in [-0.2, -0.15) is 0 Å². The maximum absolute atomic E-state index is 13.2. The zero-order valence-corrected chi connectivity index (χ0v) is 9.80. The molecule has 5 heteroatoms. The molecule has 17 heavy (non-hydrogen) atoms. The van der Waals surface area contributed by atoms with Crippen LogP contribution in [0.25, 0.3) is 0 Å². The molecule has 0 unspecified atom stereocenters. The van der Waals surface area contributed by atoms with E-state index in [-0.39, 0.29) is 16.7 Å². The summed E-state index contributed by atoms with van der Waals surface area (Å²) in [6, 6.07) is 6.09. The summed E-state index contributed by atoms with van der Waals surface area (Å²) in [5, 5.41) is -0.205. The second-order valence-corrected chi connectivity index (χ2v) is 3.99. The average molecular weight is 255 g/mol. The van der Waals surface area contributed by atoms with Crippen LogP contribution in [0.3, 0.4) is 0 Å².